The summed E-state index contributed by atoms with van der Waals surface area (Å²) in [5.41, 5.74) is 1.57. The van der Waals surface area contributed by atoms with E-state index in [-0.39, 0.29) is 11.7 Å². The first-order valence-corrected chi connectivity index (χ1v) is 7.08. The van der Waals surface area contributed by atoms with Gasteiger partial charge in [-0.15, -0.1) is 0 Å². The zero-order chi connectivity index (χ0) is 14.0. The Morgan fingerprint density at radius 2 is 1.89 bits per heavy atom. The second-order valence-electron chi connectivity index (χ2n) is 4.04. The second kappa shape index (κ2) is 5.84. The molecule has 0 aromatic heterocycles. The zero-order valence-electron chi connectivity index (χ0n) is 10.0. The number of benzene rings is 2. The summed E-state index contributed by atoms with van der Waals surface area (Å²) in [5, 5.41) is 2.74. The van der Waals surface area contributed by atoms with Crippen molar-refractivity contribution in [2.24, 2.45) is 0 Å². The molecule has 1 amide bonds. The number of rotatable bonds is 2. The van der Waals surface area contributed by atoms with E-state index in [0.717, 1.165) is 4.47 Å². The molecule has 2 nitrogen and oxygen atoms in total. The average molecular weight is 387 g/mol. The van der Waals surface area contributed by atoms with Gasteiger partial charge in [0.15, 0.2) is 0 Å². The van der Waals surface area contributed by atoms with Gasteiger partial charge in [-0.1, -0.05) is 15.9 Å². The number of anilines is 1. The molecular formula is C14H10Br2FNO. The predicted molar refractivity (Wildman–Crippen MR) is 80.9 cm³/mol. The van der Waals surface area contributed by atoms with Crippen molar-refractivity contribution in [1.82, 2.24) is 0 Å². The first-order valence-electron chi connectivity index (χ1n) is 5.50. The first kappa shape index (κ1) is 14.2. The van der Waals surface area contributed by atoms with E-state index in [1.54, 1.807) is 25.1 Å². The van der Waals surface area contributed by atoms with Gasteiger partial charge in [0.1, 0.15) is 5.82 Å². The van der Waals surface area contributed by atoms with Gasteiger partial charge < -0.3 is 5.32 Å². The van der Waals surface area contributed by atoms with Gasteiger partial charge in [0.25, 0.3) is 5.91 Å². The molecule has 0 spiro atoms. The Bertz CT molecular complexity index is 643. The third kappa shape index (κ3) is 3.42. The van der Waals surface area contributed by atoms with Crippen molar-refractivity contribution in [3.63, 3.8) is 0 Å². The average Bonchev–Trinajstić information content (AvgIpc) is 2.36. The van der Waals surface area contributed by atoms with Crippen LogP contribution in [0.5, 0.6) is 0 Å². The van der Waals surface area contributed by atoms with Crippen LogP contribution in [0.1, 0.15) is 15.9 Å². The zero-order valence-corrected chi connectivity index (χ0v) is 13.2. The lowest BCUT2D eigenvalue weighted by atomic mass is 10.2. The number of nitrogens with one attached hydrogen (secondary N) is 1. The third-order valence-corrected chi connectivity index (χ3v) is 3.77. The third-order valence-electron chi connectivity index (χ3n) is 2.59. The fourth-order valence-corrected chi connectivity index (χ4v) is 2.38. The quantitative estimate of drug-likeness (QED) is 0.780. The van der Waals surface area contributed by atoms with E-state index in [4.69, 9.17) is 0 Å². The van der Waals surface area contributed by atoms with Crippen molar-refractivity contribution in [2.45, 2.75) is 6.92 Å². The van der Waals surface area contributed by atoms with Gasteiger partial charge >= 0.3 is 0 Å². The Hall–Kier alpha value is -1.20. The molecule has 2 aromatic carbocycles. The van der Waals surface area contributed by atoms with E-state index in [2.05, 4.69) is 37.2 Å². The number of amides is 1. The molecule has 2 aromatic rings. The maximum Gasteiger partial charge on any atom is 0.256 e. The van der Waals surface area contributed by atoms with Crippen LogP contribution < -0.4 is 5.32 Å². The van der Waals surface area contributed by atoms with Crippen molar-refractivity contribution in [3.05, 3.63) is 62.3 Å². The van der Waals surface area contributed by atoms with Crippen molar-refractivity contribution in [2.75, 3.05) is 5.32 Å². The van der Waals surface area contributed by atoms with Crippen LogP contribution in [0.2, 0.25) is 0 Å². The number of hydrogen-bond acceptors (Lipinski definition) is 1. The first-order chi connectivity index (χ1) is 8.97. The van der Waals surface area contributed by atoms with E-state index in [0.29, 0.717) is 21.3 Å². The van der Waals surface area contributed by atoms with Crippen molar-refractivity contribution >= 4 is 43.5 Å². The molecule has 5 heteroatoms. The Labute approximate surface area is 127 Å². The van der Waals surface area contributed by atoms with E-state index >= 15 is 0 Å². The summed E-state index contributed by atoms with van der Waals surface area (Å²) in [6.07, 6.45) is 0. The molecule has 0 atom stereocenters. The summed E-state index contributed by atoms with van der Waals surface area (Å²) in [6.45, 7) is 1.65. The molecule has 2 rings (SSSR count). The van der Waals surface area contributed by atoms with Crippen molar-refractivity contribution in [3.8, 4) is 0 Å². The molecule has 0 heterocycles. The topological polar surface area (TPSA) is 29.1 Å². The van der Waals surface area contributed by atoms with Crippen LogP contribution in [0.15, 0.2) is 45.3 Å². The van der Waals surface area contributed by atoms with E-state index in [1.807, 2.05) is 6.07 Å². The molecule has 98 valence electrons. The van der Waals surface area contributed by atoms with Gasteiger partial charge in [-0.3, -0.25) is 4.79 Å². The van der Waals surface area contributed by atoms with E-state index in [9.17, 15) is 9.18 Å². The van der Waals surface area contributed by atoms with Crippen LogP contribution in [0, 0.1) is 12.7 Å². The fourth-order valence-electron chi connectivity index (χ4n) is 1.59. The molecule has 0 saturated heterocycles. The van der Waals surface area contributed by atoms with Crippen LogP contribution >= 0.6 is 31.9 Å². The minimum Gasteiger partial charge on any atom is -0.322 e. The Balaban J connectivity index is 2.25. The van der Waals surface area contributed by atoms with Crippen molar-refractivity contribution in [1.29, 1.82) is 0 Å². The summed E-state index contributed by atoms with van der Waals surface area (Å²) >= 11 is 6.65. The Kier molecular flexibility index (Phi) is 4.37. The van der Waals surface area contributed by atoms with Gasteiger partial charge in [0.05, 0.1) is 5.56 Å². The SMILES string of the molecule is Cc1cc(NC(=O)c2cc(Br)ccc2Br)ccc1F. The van der Waals surface area contributed by atoms with Gasteiger partial charge in [-0.05, 0) is 64.8 Å². The molecule has 0 aliphatic carbocycles. The minimum absolute atomic E-state index is 0.251. The van der Waals surface area contributed by atoms with Crippen LogP contribution in [0.3, 0.4) is 0 Å². The number of hydrogen-bond donors (Lipinski definition) is 1. The van der Waals surface area contributed by atoms with Gasteiger partial charge in [0.2, 0.25) is 0 Å². The lowest BCUT2D eigenvalue weighted by molar-refractivity contribution is 0.102. The molecule has 0 unspecified atom stereocenters. The maximum atomic E-state index is 13.1. The molecule has 0 saturated carbocycles. The van der Waals surface area contributed by atoms with Crippen molar-refractivity contribution < 1.29 is 9.18 Å². The Morgan fingerprint density at radius 3 is 2.58 bits per heavy atom. The summed E-state index contributed by atoms with van der Waals surface area (Å²) in [4.78, 5) is 12.1. The standard InChI is InChI=1S/C14H10Br2FNO/c1-8-6-10(3-5-13(8)17)18-14(19)11-7-9(15)2-4-12(11)16/h2-7H,1H3,(H,18,19). The Morgan fingerprint density at radius 1 is 1.16 bits per heavy atom. The summed E-state index contributed by atoms with van der Waals surface area (Å²) in [7, 11) is 0. The summed E-state index contributed by atoms with van der Waals surface area (Å²) in [5.74, 6) is -0.541. The largest absolute Gasteiger partial charge is 0.322 e. The predicted octanol–water partition coefficient (Wildman–Crippen LogP) is 4.91. The molecule has 0 aliphatic heterocycles. The maximum absolute atomic E-state index is 13.1. The van der Waals surface area contributed by atoms with E-state index in [1.165, 1.54) is 12.1 Å². The normalized spacial score (nSPS) is 10.3. The highest BCUT2D eigenvalue weighted by molar-refractivity contribution is 9.11. The summed E-state index contributed by atoms with van der Waals surface area (Å²) in [6, 6.07) is 9.81. The lowest BCUT2D eigenvalue weighted by Gasteiger charge is -2.08. The molecule has 19 heavy (non-hydrogen) atoms. The second-order valence-corrected chi connectivity index (χ2v) is 5.81. The molecular weight excluding hydrogens is 377 g/mol. The molecule has 0 aliphatic rings. The fraction of sp³-hybridized carbons (Fsp3) is 0.0714. The molecule has 0 bridgehead atoms. The highest BCUT2D eigenvalue weighted by Crippen LogP contribution is 2.23. The van der Waals surface area contributed by atoms with Crippen LogP contribution in [-0.4, -0.2) is 5.91 Å². The number of carbonyl (C=O) groups is 1. The molecule has 1 N–H and O–H groups in total. The molecule has 0 fully saturated rings. The summed E-state index contributed by atoms with van der Waals surface area (Å²) < 4.78 is 14.7. The number of carbonyl (C=O) groups excluding carboxylic acids is 1. The monoisotopic (exact) mass is 385 g/mol. The van der Waals surface area contributed by atoms with Crippen LogP contribution in [0.4, 0.5) is 10.1 Å². The highest BCUT2D eigenvalue weighted by Gasteiger charge is 2.11. The number of halogens is 3. The van der Waals surface area contributed by atoms with Crippen LogP contribution in [0.25, 0.3) is 0 Å². The van der Waals surface area contributed by atoms with Crippen LogP contribution in [-0.2, 0) is 0 Å². The number of aryl methyl sites for hydroxylation is 1. The van der Waals surface area contributed by atoms with Gasteiger partial charge in [-0.2, -0.15) is 0 Å². The van der Waals surface area contributed by atoms with Gasteiger partial charge in [0, 0.05) is 14.6 Å². The van der Waals surface area contributed by atoms with Gasteiger partial charge in [-0.25, -0.2) is 4.39 Å². The lowest BCUT2D eigenvalue weighted by Crippen LogP contribution is -2.12. The smallest absolute Gasteiger partial charge is 0.256 e. The van der Waals surface area contributed by atoms with E-state index < -0.39 is 0 Å². The minimum atomic E-state index is -0.290. The highest BCUT2D eigenvalue weighted by atomic mass is 79.9. The molecule has 0 radical (unpaired) electrons.